The lowest BCUT2D eigenvalue weighted by molar-refractivity contribution is -0.127. The largest absolute Gasteiger partial charge is 0.393 e. The first-order valence-electron chi connectivity index (χ1n) is 5.36. The average Bonchev–Trinajstić information content (AvgIpc) is 2.28. The van der Waals surface area contributed by atoms with E-state index in [9.17, 15) is 17.6 Å². The summed E-state index contributed by atoms with van der Waals surface area (Å²) in [7, 11) is 0. The maximum absolute atomic E-state index is 13.0. The Labute approximate surface area is 102 Å². The van der Waals surface area contributed by atoms with E-state index in [-0.39, 0.29) is 11.4 Å². The molecule has 0 saturated heterocycles. The molecule has 18 heavy (non-hydrogen) atoms. The minimum Gasteiger partial charge on any atom is -0.207 e. The summed E-state index contributed by atoms with van der Waals surface area (Å²) in [5.74, 6) is -0.369. The highest BCUT2D eigenvalue weighted by Gasteiger charge is 2.27. The van der Waals surface area contributed by atoms with Crippen molar-refractivity contribution in [1.82, 2.24) is 0 Å². The Hall–Kier alpha value is -1.84. The lowest BCUT2D eigenvalue weighted by Crippen LogP contribution is -2.11. The summed E-state index contributed by atoms with van der Waals surface area (Å²) in [6, 6.07) is 11.9. The number of halogens is 4. The molecule has 0 aliphatic carbocycles. The maximum Gasteiger partial charge on any atom is 0.393 e. The second-order valence-electron chi connectivity index (χ2n) is 4.00. The van der Waals surface area contributed by atoms with Gasteiger partial charge in [0.2, 0.25) is 0 Å². The highest BCUT2D eigenvalue weighted by molar-refractivity contribution is 5.63. The molecule has 2 aromatic carbocycles. The Balaban J connectivity index is 2.22. The van der Waals surface area contributed by atoms with Crippen LogP contribution in [0.2, 0.25) is 0 Å². The first kappa shape index (κ1) is 12.6. The van der Waals surface area contributed by atoms with Gasteiger partial charge in [-0.25, -0.2) is 4.39 Å². The Morgan fingerprint density at radius 3 is 2.06 bits per heavy atom. The molecule has 0 radical (unpaired) electrons. The van der Waals surface area contributed by atoms with Gasteiger partial charge >= 0.3 is 6.18 Å². The third kappa shape index (κ3) is 3.32. The first-order valence-corrected chi connectivity index (χ1v) is 5.36. The number of hydrogen-bond donors (Lipinski definition) is 0. The number of benzene rings is 2. The van der Waals surface area contributed by atoms with E-state index in [4.69, 9.17) is 0 Å². The molecule has 0 amide bonds. The van der Waals surface area contributed by atoms with Crippen molar-refractivity contribution < 1.29 is 17.6 Å². The number of rotatable bonds is 2. The van der Waals surface area contributed by atoms with E-state index < -0.39 is 12.6 Å². The molecule has 0 N–H and O–H groups in total. The minimum atomic E-state index is -4.21. The van der Waals surface area contributed by atoms with Crippen LogP contribution >= 0.6 is 0 Å². The van der Waals surface area contributed by atoms with Crippen molar-refractivity contribution in [3.63, 3.8) is 0 Å². The van der Waals surface area contributed by atoms with Gasteiger partial charge in [-0.2, -0.15) is 13.2 Å². The van der Waals surface area contributed by atoms with E-state index in [1.165, 1.54) is 24.3 Å². The highest BCUT2D eigenvalue weighted by Crippen LogP contribution is 2.24. The molecule has 0 bridgehead atoms. The van der Waals surface area contributed by atoms with Crippen LogP contribution in [-0.4, -0.2) is 6.18 Å². The molecule has 0 atom stereocenters. The van der Waals surface area contributed by atoms with Crippen molar-refractivity contribution in [2.45, 2.75) is 12.6 Å². The summed E-state index contributed by atoms with van der Waals surface area (Å²) >= 11 is 0. The molecule has 2 rings (SSSR count). The molecule has 0 spiro atoms. The van der Waals surface area contributed by atoms with Crippen molar-refractivity contribution >= 4 is 0 Å². The molecule has 0 heterocycles. The fourth-order valence-electron chi connectivity index (χ4n) is 1.71. The Morgan fingerprint density at radius 1 is 0.833 bits per heavy atom. The Kier molecular flexibility index (Phi) is 3.36. The van der Waals surface area contributed by atoms with Crippen LogP contribution < -0.4 is 0 Å². The second kappa shape index (κ2) is 4.80. The highest BCUT2D eigenvalue weighted by atomic mass is 19.4. The smallest absolute Gasteiger partial charge is 0.207 e. The molecule has 0 aliphatic heterocycles. The zero-order valence-electron chi connectivity index (χ0n) is 9.34. The van der Waals surface area contributed by atoms with Crippen molar-refractivity contribution in [2.75, 3.05) is 0 Å². The van der Waals surface area contributed by atoms with Gasteiger partial charge in [0.15, 0.2) is 0 Å². The molecule has 0 aliphatic rings. The Morgan fingerprint density at radius 2 is 1.50 bits per heavy atom. The van der Waals surface area contributed by atoms with Gasteiger partial charge in [-0.1, -0.05) is 36.4 Å². The van der Waals surface area contributed by atoms with E-state index >= 15 is 0 Å². The predicted molar refractivity (Wildman–Crippen MR) is 61.6 cm³/mol. The van der Waals surface area contributed by atoms with Crippen LogP contribution in [0.25, 0.3) is 11.1 Å². The second-order valence-corrected chi connectivity index (χ2v) is 4.00. The van der Waals surface area contributed by atoms with Crippen LogP contribution in [0, 0.1) is 5.82 Å². The molecular formula is C14H10F4. The average molecular weight is 254 g/mol. The fourth-order valence-corrected chi connectivity index (χ4v) is 1.71. The summed E-state index contributed by atoms with van der Waals surface area (Å²) < 4.78 is 49.5. The molecule has 0 nitrogen and oxygen atoms in total. The van der Waals surface area contributed by atoms with Crippen LogP contribution in [0.4, 0.5) is 17.6 Å². The van der Waals surface area contributed by atoms with Crippen LogP contribution in [0.1, 0.15) is 5.56 Å². The molecule has 2 aromatic rings. The van der Waals surface area contributed by atoms with E-state index in [0.29, 0.717) is 11.1 Å². The molecule has 4 heteroatoms. The van der Waals surface area contributed by atoms with Gasteiger partial charge in [0.05, 0.1) is 6.42 Å². The standard InChI is InChI=1S/C14H10F4/c15-13-3-1-2-12(8-13)11-6-4-10(5-7-11)9-14(16,17)18/h1-8H,9H2. The molecular weight excluding hydrogens is 244 g/mol. The van der Waals surface area contributed by atoms with Crippen molar-refractivity contribution in [1.29, 1.82) is 0 Å². The predicted octanol–water partition coefficient (Wildman–Crippen LogP) is 4.60. The van der Waals surface area contributed by atoms with Crippen molar-refractivity contribution in [3.8, 4) is 11.1 Å². The third-order valence-corrected chi connectivity index (χ3v) is 2.52. The van der Waals surface area contributed by atoms with Gasteiger partial charge in [0.1, 0.15) is 5.82 Å². The van der Waals surface area contributed by atoms with Crippen molar-refractivity contribution in [2.24, 2.45) is 0 Å². The zero-order chi connectivity index (χ0) is 13.2. The molecule has 0 fully saturated rings. The van der Waals surface area contributed by atoms with E-state index in [2.05, 4.69) is 0 Å². The summed E-state index contributed by atoms with van der Waals surface area (Å²) in [6.07, 6.45) is -5.16. The molecule has 94 valence electrons. The third-order valence-electron chi connectivity index (χ3n) is 2.52. The SMILES string of the molecule is Fc1cccc(-c2ccc(CC(F)(F)F)cc2)c1. The maximum atomic E-state index is 13.0. The van der Waals surface area contributed by atoms with Crippen LogP contribution in [0.3, 0.4) is 0 Å². The Bertz CT molecular complexity index is 526. The van der Waals surface area contributed by atoms with Gasteiger partial charge in [-0.3, -0.25) is 0 Å². The van der Waals surface area contributed by atoms with Crippen LogP contribution in [0.15, 0.2) is 48.5 Å². The zero-order valence-corrected chi connectivity index (χ0v) is 9.34. The number of hydrogen-bond acceptors (Lipinski definition) is 0. The van der Waals surface area contributed by atoms with Gasteiger partial charge in [-0.15, -0.1) is 0 Å². The summed E-state index contributed by atoms with van der Waals surface area (Å²) in [4.78, 5) is 0. The lowest BCUT2D eigenvalue weighted by Gasteiger charge is -2.07. The quantitative estimate of drug-likeness (QED) is 0.687. The van der Waals surface area contributed by atoms with Gasteiger partial charge in [-0.05, 0) is 28.8 Å². The van der Waals surface area contributed by atoms with Crippen LogP contribution in [-0.2, 0) is 6.42 Å². The molecule has 0 aromatic heterocycles. The van der Waals surface area contributed by atoms with Crippen LogP contribution in [0.5, 0.6) is 0 Å². The first-order chi connectivity index (χ1) is 8.44. The molecule has 0 saturated carbocycles. The number of alkyl halides is 3. The minimum absolute atomic E-state index is 0.197. The van der Waals surface area contributed by atoms with E-state index in [1.807, 2.05) is 0 Å². The topological polar surface area (TPSA) is 0 Å². The fraction of sp³-hybridized carbons (Fsp3) is 0.143. The monoisotopic (exact) mass is 254 g/mol. The normalized spacial score (nSPS) is 11.6. The van der Waals surface area contributed by atoms with Gasteiger partial charge in [0, 0.05) is 0 Å². The lowest BCUT2D eigenvalue weighted by atomic mass is 10.0. The summed E-state index contributed by atoms with van der Waals surface area (Å²) in [5.41, 5.74) is 1.54. The van der Waals surface area contributed by atoms with Gasteiger partial charge < -0.3 is 0 Å². The molecule has 0 unspecified atom stereocenters. The van der Waals surface area contributed by atoms with E-state index in [1.54, 1.807) is 24.3 Å². The van der Waals surface area contributed by atoms with Gasteiger partial charge in [0.25, 0.3) is 0 Å². The van der Waals surface area contributed by atoms with E-state index in [0.717, 1.165) is 0 Å². The summed E-state index contributed by atoms with van der Waals surface area (Å²) in [6.45, 7) is 0. The summed E-state index contributed by atoms with van der Waals surface area (Å²) in [5, 5.41) is 0. The van der Waals surface area contributed by atoms with Crippen molar-refractivity contribution in [3.05, 3.63) is 59.9 Å².